The molecule has 0 saturated carbocycles. The number of benzene rings is 4. The molecular formula is C34H36FN3O4S. The first-order valence-electron chi connectivity index (χ1n) is 14.0. The summed E-state index contributed by atoms with van der Waals surface area (Å²) >= 11 is 0. The lowest BCUT2D eigenvalue weighted by Crippen LogP contribution is -2.53. The van der Waals surface area contributed by atoms with Crippen LogP contribution in [0.15, 0.2) is 102 Å². The third-order valence-corrected chi connectivity index (χ3v) is 8.99. The van der Waals surface area contributed by atoms with E-state index >= 15 is 0 Å². The minimum Gasteiger partial charge on any atom is -0.357 e. The topological polar surface area (TPSA) is 86.8 Å². The van der Waals surface area contributed by atoms with Gasteiger partial charge in [-0.15, -0.1) is 0 Å². The molecule has 0 aliphatic rings. The highest BCUT2D eigenvalue weighted by molar-refractivity contribution is 7.92. The second-order valence-electron chi connectivity index (χ2n) is 10.6. The highest BCUT2D eigenvalue weighted by Gasteiger charge is 2.34. The molecule has 4 rings (SSSR count). The Morgan fingerprint density at radius 1 is 0.814 bits per heavy atom. The van der Waals surface area contributed by atoms with E-state index in [9.17, 15) is 22.4 Å². The van der Waals surface area contributed by atoms with Gasteiger partial charge in [0.15, 0.2) is 0 Å². The van der Waals surface area contributed by atoms with Crippen LogP contribution in [0.4, 0.5) is 10.1 Å². The molecule has 224 valence electrons. The number of sulfonamides is 1. The van der Waals surface area contributed by atoms with Gasteiger partial charge < -0.3 is 10.2 Å². The minimum absolute atomic E-state index is 0.0258. The van der Waals surface area contributed by atoms with E-state index in [0.717, 1.165) is 26.6 Å². The van der Waals surface area contributed by atoms with Gasteiger partial charge in [-0.1, -0.05) is 72.3 Å². The van der Waals surface area contributed by atoms with Crippen molar-refractivity contribution < 1.29 is 22.4 Å². The molecule has 0 radical (unpaired) electrons. The Kier molecular flexibility index (Phi) is 9.98. The first-order chi connectivity index (χ1) is 20.5. The fourth-order valence-corrected chi connectivity index (χ4v) is 6.39. The standard InChI is InChI=1S/C34H36FN3O4S/c1-24-14-16-30(17-15-24)43(41,42)38(29-19-25(2)18-26(3)20-29)23-33(39)37(22-28-12-8-9-13-31(28)35)32(34(40)36-4)21-27-10-6-5-7-11-27/h5-20,32H,21-23H2,1-4H3,(H,36,40)/t32-/m0/s1. The summed E-state index contributed by atoms with van der Waals surface area (Å²) in [6.07, 6.45) is 0.148. The molecule has 9 heteroatoms. The van der Waals surface area contributed by atoms with Gasteiger partial charge in [-0.25, -0.2) is 12.8 Å². The Labute approximate surface area is 253 Å². The fourth-order valence-electron chi connectivity index (χ4n) is 4.99. The maximum absolute atomic E-state index is 14.9. The Balaban J connectivity index is 1.82. The van der Waals surface area contributed by atoms with E-state index in [4.69, 9.17) is 0 Å². The van der Waals surface area contributed by atoms with Crippen LogP contribution in [0.3, 0.4) is 0 Å². The number of likely N-dealkylation sites (N-methyl/N-ethyl adjacent to an activating group) is 1. The zero-order valence-electron chi connectivity index (χ0n) is 24.7. The van der Waals surface area contributed by atoms with Crippen molar-refractivity contribution in [2.45, 2.75) is 44.7 Å². The van der Waals surface area contributed by atoms with Crippen LogP contribution in [0.1, 0.15) is 27.8 Å². The maximum Gasteiger partial charge on any atom is 0.264 e. The molecule has 43 heavy (non-hydrogen) atoms. The SMILES string of the molecule is CNC(=O)[C@H](Cc1ccccc1)N(Cc1ccccc1F)C(=O)CN(c1cc(C)cc(C)c1)S(=O)(=O)c1ccc(C)cc1. The molecule has 0 aliphatic carbocycles. The summed E-state index contributed by atoms with van der Waals surface area (Å²) in [4.78, 5) is 28.9. The fraction of sp³-hybridized carbons (Fsp3) is 0.235. The van der Waals surface area contributed by atoms with Crippen LogP contribution in [-0.4, -0.2) is 44.8 Å². The summed E-state index contributed by atoms with van der Waals surface area (Å²) in [6, 6.07) is 25.9. The summed E-state index contributed by atoms with van der Waals surface area (Å²) in [5, 5.41) is 2.62. The minimum atomic E-state index is -4.21. The predicted octanol–water partition coefficient (Wildman–Crippen LogP) is 5.33. The number of hydrogen-bond donors (Lipinski definition) is 1. The van der Waals surface area contributed by atoms with Crippen LogP contribution in [0.5, 0.6) is 0 Å². The molecule has 0 bridgehead atoms. The van der Waals surface area contributed by atoms with E-state index in [-0.39, 0.29) is 23.4 Å². The number of carbonyl (C=O) groups excluding carboxylic acids is 2. The average molecular weight is 602 g/mol. The van der Waals surface area contributed by atoms with Crippen LogP contribution in [0.2, 0.25) is 0 Å². The van der Waals surface area contributed by atoms with Crippen molar-refractivity contribution in [1.82, 2.24) is 10.2 Å². The average Bonchev–Trinajstić information content (AvgIpc) is 2.98. The number of halogens is 1. The molecule has 0 aromatic heterocycles. The van der Waals surface area contributed by atoms with Crippen molar-refractivity contribution in [3.8, 4) is 0 Å². The van der Waals surface area contributed by atoms with Crippen molar-refractivity contribution in [3.05, 3.63) is 131 Å². The molecule has 2 amide bonds. The Morgan fingerprint density at radius 3 is 2.02 bits per heavy atom. The molecular weight excluding hydrogens is 565 g/mol. The molecule has 4 aromatic rings. The first-order valence-corrected chi connectivity index (χ1v) is 15.4. The van der Waals surface area contributed by atoms with Crippen LogP contribution in [0.25, 0.3) is 0 Å². The largest absolute Gasteiger partial charge is 0.357 e. The van der Waals surface area contributed by atoms with Crippen molar-refractivity contribution in [3.63, 3.8) is 0 Å². The lowest BCUT2D eigenvalue weighted by molar-refractivity contribution is -0.139. The van der Waals surface area contributed by atoms with Gasteiger partial charge in [-0.3, -0.25) is 13.9 Å². The monoisotopic (exact) mass is 601 g/mol. The number of nitrogens with zero attached hydrogens (tertiary/aromatic N) is 2. The third-order valence-electron chi connectivity index (χ3n) is 7.20. The zero-order valence-corrected chi connectivity index (χ0v) is 25.6. The summed E-state index contributed by atoms with van der Waals surface area (Å²) in [5.74, 6) is -1.63. The van der Waals surface area contributed by atoms with Gasteiger partial charge in [-0.05, 0) is 67.8 Å². The normalized spacial score (nSPS) is 11.9. The molecule has 0 saturated heterocycles. The quantitative estimate of drug-likeness (QED) is 0.252. The van der Waals surface area contributed by atoms with E-state index < -0.39 is 40.2 Å². The summed E-state index contributed by atoms with van der Waals surface area (Å²) < 4.78 is 44.2. The van der Waals surface area contributed by atoms with Gasteiger partial charge in [-0.2, -0.15) is 0 Å². The molecule has 1 atom stereocenters. The van der Waals surface area contributed by atoms with Crippen molar-refractivity contribution in [2.75, 3.05) is 17.9 Å². The number of amides is 2. The molecule has 1 N–H and O–H groups in total. The maximum atomic E-state index is 14.9. The number of aryl methyl sites for hydroxylation is 3. The highest BCUT2D eigenvalue weighted by atomic mass is 32.2. The van der Waals surface area contributed by atoms with Gasteiger partial charge in [0.1, 0.15) is 18.4 Å². The highest BCUT2D eigenvalue weighted by Crippen LogP contribution is 2.27. The Bertz CT molecular complexity index is 1670. The van der Waals surface area contributed by atoms with Gasteiger partial charge in [0.2, 0.25) is 11.8 Å². The molecule has 7 nitrogen and oxygen atoms in total. The molecule has 0 aliphatic heterocycles. The van der Waals surface area contributed by atoms with Gasteiger partial charge in [0, 0.05) is 25.6 Å². The van der Waals surface area contributed by atoms with Crippen molar-refractivity contribution >= 4 is 27.5 Å². The number of nitrogens with one attached hydrogen (secondary N) is 1. The van der Waals surface area contributed by atoms with E-state index in [2.05, 4.69) is 5.32 Å². The summed E-state index contributed by atoms with van der Waals surface area (Å²) in [5.41, 5.74) is 3.84. The second-order valence-corrected chi connectivity index (χ2v) is 12.5. The summed E-state index contributed by atoms with van der Waals surface area (Å²) in [7, 11) is -2.75. The van der Waals surface area contributed by atoms with Crippen LogP contribution < -0.4 is 9.62 Å². The molecule has 4 aromatic carbocycles. The smallest absolute Gasteiger partial charge is 0.264 e. The van der Waals surface area contributed by atoms with E-state index in [1.54, 1.807) is 42.5 Å². The molecule has 0 fully saturated rings. The number of hydrogen-bond acceptors (Lipinski definition) is 4. The van der Waals surface area contributed by atoms with Gasteiger partial charge >= 0.3 is 0 Å². The Hall–Kier alpha value is -4.50. The zero-order chi connectivity index (χ0) is 31.1. The number of carbonyl (C=O) groups is 2. The summed E-state index contributed by atoms with van der Waals surface area (Å²) in [6.45, 7) is 4.72. The van der Waals surface area contributed by atoms with Crippen LogP contribution >= 0.6 is 0 Å². The molecule has 0 spiro atoms. The predicted molar refractivity (Wildman–Crippen MR) is 167 cm³/mol. The van der Waals surface area contributed by atoms with Crippen LogP contribution in [0, 0.1) is 26.6 Å². The lowest BCUT2D eigenvalue weighted by atomic mass is 10.0. The first kappa shape index (κ1) is 31.4. The van der Waals surface area contributed by atoms with E-state index in [1.807, 2.05) is 57.2 Å². The van der Waals surface area contributed by atoms with Crippen molar-refractivity contribution in [1.29, 1.82) is 0 Å². The number of rotatable bonds is 11. The number of anilines is 1. The third kappa shape index (κ3) is 7.67. The molecule has 0 unspecified atom stereocenters. The van der Waals surface area contributed by atoms with Crippen LogP contribution in [-0.2, 0) is 32.6 Å². The lowest BCUT2D eigenvalue weighted by Gasteiger charge is -2.33. The van der Waals surface area contributed by atoms with Gasteiger partial charge in [0.25, 0.3) is 10.0 Å². The second kappa shape index (κ2) is 13.6. The van der Waals surface area contributed by atoms with E-state index in [0.29, 0.717) is 5.69 Å². The van der Waals surface area contributed by atoms with Gasteiger partial charge in [0.05, 0.1) is 10.6 Å². The Morgan fingerprint density at radius 2 is 1.42 bits per heavy atom. The van der Waals surface area contributed by atoms with E-state index in [1.165, 1.54) is 30.1 Å². The molecule has 0 heterocycles. The van der Waals surface area contributed by atoms with Crippen molar-refractivity contribution in [2.24, 2.45) is 0 Å².